The fourth-order valence-electron chi connectivity index (χ4n) is 7.99. The first-order chi connectivity index (χ1) is 28.9. The molecule has 1 saturated carbocycles. The van der Waals surface area contributed by atoms with E-state index in [-0.39, 0.29) is 31.3 Å². The van der Waals surface area contributed by atoms with Crippen molar-refractivity contribution in [1.82, 2.24) is 0 Å². The van der Waals surface area contributed by atoms with Crippen molar-refractivity contribution in [2.75, 3.05) is 13.2 Å². The molecule has 0 aromatic rings. The number of phosphoric acid groups is 1. The van der Waals surface area contributed by atoms with Gasteiger partial charge in [-0.25, -0.2) is 4.57 Å². The van der Waals surface area contributed by atoms with Crippen molar-refractivity contribution in [1.29, 1.82) is 0 Å². The largest absolute Gasteiger partial charge is 0.469 e. The van der Waals surface area contributed by atoms with Gasteiger partial charge in [0.2, 0.25) is 0 Å². The fourth-order valence-corrected chi connectivity index (χ4v) is 8.35. The summed E-state index contributed by atoms with van der Waals surface area (Å²) in [6, 6.07) is 0. The minimum atomic E-state index is -4.82. The summed E-state index contributed by atoms with van der Waals surface area (Å²) in [5.74, 6) is -0.580. The van der Waals surface area contributed by atoms with Crippen LogP contribution >= 0.6 is 7.82 Å². The second-order valence-electron chi connectivity index (χ2n) is 17.7. The molecule has 1 aliphatic rings. The average molecular weight is 873 g/mol. The maximum Gasteiger partial charge on any atom is 0.469 e. The van der Waals surface area contributed by atoms with Gasteiger partial charge >= 0.3 is 19.8 Å². The zero-order valence-corrected chi connectivity index (χ0v) is 39.0. The van der Waals surface area contributed by atoms with Crippen LogP contribution < -0.4 is 0 Å². The Morgan fingerprint density at radius 1 is 0.683 bits per heavy atom. The van der Waals surface area contributed by atoms with Crippen LogP contribution in [0.1, 0.15) is 213 Å². The van der Waals surface area contributed by atoms with Gasteiger partial charge in [-0.3, -0.25) is 14.1 Å². The summed E-state index contributed by atoms with van der Waals surface area (Å²) in [6.07, 6.45) is 35.6. The Bertz CT molecular complexity index is 1160. The molecular weight excluding hydrogens is 783 g/mol. The summed E-state index contributed by atoms with van der Waals surface area (Å²) >= 11 is 0. The number of aliphatic hydroxyl groups excluding tert-OH is 3. The first-order valence-electron chi connectivity index (χ1n) is 24.3. The van der Waals surface area contributed by atoms with Crippen molar-refractivity contribution < 1.29 is 53.3 Å². The van der Waals surface area contributed by atoms with Crippen LogP contribution in [0.5, 0.6) is 0 Å². The smallest absolute Gasteiger partial charge is 0.462 e. The Morgan fingerprint density at radius 3 is 1.77 bits per heavy atom. The quantitative estimate of drug-likeness (QED) is 0.0171. The third-order valence-corrected chi connectivity index (χ3v) is 12.6. The number of hydrogen-bond acceptors (Lipinski definition) is 9. The van der Waals surface area contributed by atoms with E-state index in [1.54, 1.807) is 6.08 Å². The topological polar surface area (TPSA) is 180 Å². The highest BCUT2D eigenvalue weighted by molar-refractivity contribution is 7.46. The van der Waals surface area contributed by atoms with Crippen LogP contribution in [-0.4, -0.2) is 74.7 Å². The Labute approximate surface area is 365 Å². The normalized spacial score (nSPS) is 19.9. The summed E-state index contributed by atoms with van der Waals surface area (Å²) in [4.78, 5) is 43.2. The van der Waals surface area contributed by atoms with E-state index in [0.717, 1.165) is 44.4 Å². The summed E-state index contributed by atoms with van der Waals surface area (Å²) in [6.45, 7) is 5.79. The lowest BCUT2D eigenvalue weighted by Crippen LogP contribution is -2.29. The van der Waals surface area contributed by atoms with Crippen LogP contribution in [0, 0.1) is 17.8 Å². The van der Waals surface area contributed by atoms with Crippen LogP contribution in [0.3, 0.4) is 0 Å². The van der Waals surface area contributed by atoms with Crippen LogP contribution in [0.2, 0.25) is 0 Å². The van der Waals surface area contributed by atoms with Crippen LogP contribution in [0.4, 0.5) is 0 Å². The lowest BCUT2D eigenvalue weighted by molar-refractivity contribution is -0.161. The molecule has 0 heterocycles. The number of unbranched alkanes of at least 4 members (excludes halogenated alkanes) is 20. The Hall–Kier alpha value is -1.59. The first kappa shape index (κ1) is 56.4. The van der Waals surface area contributed by atoms with E-state index in [2.05, 4.69) is 25.3 Å². The SMILES string of the molecule is CCCCC[C@H](O)/C=C/[C@@H]1[C@@H](C/C=C/CCCC(=O)OC[C@H](COP(=O)(O)O)OC(=O)CCCCCCCCCCCCCCCCCCCCC(C)CC)[C@@H](O)C[C@H]1O. The van der Waals surface area contributed by atoms with Gasteiger partial charge in [0.1, 0.15) is 6.61 Å². The Balaban J connectivity index is 2.18. The van der Waals surface area contributed by atoms with Gasteiger partial charge in [0.25, 0.3) is 0 Å². The maximum absolute atomic E-state index is 12.5. The van der Waals surface area contributed by atoms with Gasteiger partial charge in [0, 0.05) is 25.2 Å². The van der Waals surface area contributed by atoms with Crippen molar-refractivity contribution in [2.45, 2.75) is 238 Å². The van der Waals surface area contributed by atoms with Crippen molar-refractivity contribution in [3.63, 3.8) is 0 Å². The molecule has 0 aliphatic heterocycles. The molecule has 0 bridgehead atoms. The standard InChI is InChI=1S/C48H89O11P/c1-4-6-25-31-41(49)35-36-44-43(45(50)37-46(44)51)32-27-23-24-28-33-47(52)57-38-42(39-58-60(54,55)56)59-48(53)34-29-22-20-18-16-14-12-10-8-7-9-11-13-15-17-19-21-26-30-40(3)5-2/h23,27,35-36,40-46,49-51H,4-22,24-26,28-34,37-39H2,1-3H3,(H2,54,55,56)/b27-23+,36-35+/t40?,41-,42+,43+,44+,45-,46+/m0/s1. The maximum atomic E-state index is 12.5. The summed E-state index contributed by atoms with van der Waals surface area (Å²) < 4.78 is 26.5. The van der Waals surface area contributed by atoms with E-state index in [0.29, 0.717) is 38.5 Å². The van der Waals surface area contributed by atoms with Crippen molar-refractivity contribution in [2.24, 2.45) is 17.8 Å². The number of ether oxygens (including phenoxy) is 2. The lowest BCUT2D eigenvalue weighted by Gasteiger charge is -2.19. The van der Waals surface area contributed by atoms with E-state index >= 15 is 0 Å². The molecule has 1 rings (SSSR count). The highest BCUT2D eigenvalue weighted by Crippen LogP contribution is 2.37. The van der Waals surface area contributed by atoms with Crippen LogP contribution in [0.25, 0.3) is 0 Å². The second kappa shape index (κ2) is 36.8. The lowest BCUT2D eigenvalue weighted by atomic mass is 9.89. The molecule has 7 atom stereocenters. The van der Waals surface area contributed by atoms with E-state index in [4.69, 9.17) is 19.3 Å². The highest BCUT2D eigenvalue weighted by Gasteiger charge is 2.39. The number of carbonyl (C=O) groups excluding carboxylic acids is 2. The predicted molar refractivity (Wildman–Crippen MR) is 241 cm³/mol. The fraction of sp³-hybridized carbons (Fsp3) is 0.875. The molecular formula is C48H89O11P. The Morgan fingerprint density at radius 2 is 1.22 bits per heavy atom. The molecule has 0 amide bonds. The van der Waals surface area contributed by atoms with Crippen molar-refractivity contribution >= 4 is 19.8 Å². The summed E-state index contributed by atoms with van der Waals surface area (Å²) in [5, 5.41) is 31.2. The van der Waals surface area contributed by atoms with Gasteiger partial charge in [-0.2, -0.15) is 0 Å². The second-order valence-corrected chi connectivity index (χ2v) is 18.9. The number of carbonyl (C=O) groups is 2. The molecule has 60 heavy (non-hydrogen) atoms. The molecule has 352 valence electrons. The summed E-state index contributed by atoms with van der Waals surface area (Å²) in [5.41, 5.74) is 0. The minimum Gasteiger partial charge on any atom is -0.462 e. The van der Waals surface area contributed by atoms with E-state index in [1.165, 1.54) is 103 Å². The molecule has 0 aromatic heterocycles. The molecule has 1 aliphatic carbocycles. The predicted octanol–water partition coefficient (Wildman–Crippen LogP) is 11.4. The van der Waals surface area contributed by atoms with Crippen molar-refractivity contribution in [3.05, 3.63) is 24.3 Å². The zero-order chi connectivity index (χ0) is 44.3. The molecule has 11 nitrogen and oxygen atoms in total. The number of rotatable bonds is 40. The van der Waals surface area contributed by atoms with E-state index in [1.807, 2.05) is 18.2 Å². The summed E-state index contributed by atoms with van der Waals surface area (Å²) in [7, 11) is -4.82. The van der Waals surface area contributed by atoms with E-state index < -0.39 is 50.8 Å². The molecule has 1 unspecified atom stereocenters. The third-order valence-electron chi connectivity index (χ3n) is 12.1. The van der Waals surface area contributed by atoms with Crippen LogP contribution in [0.15, 0.2) is 24.3 Å². The zero-order valence-electron chi connectivity index (χ0n) is 38.1. The molecule has 0 radical (unpaired) electrons. The third kappa shape index (κ3) is 32.1. The first-order valence-corrected chi connectivity index (χ1v) is 25.8. The van der Waals surface area contributed by atoms with Gasteiger partial charge in [-0.15, -0.1) is 0 Å². The number of phosphoric ester groups is 1. The Kier molecular flexibility index (Phi) is 34.7. The molecule has 12 heteroatoms. The van der Waals surface area contributed by atoms with Gasteiger partial charge in [-0.05, 0) is 43.9 Å². The monoisotopic (exact) mass is 873 g/mol. The molecule has 0 spiro atoms. The van der Waals surface area contributed by atoms with Crippen molar-refractivity contribution in [3.8, 4) is 0 Å². The molecule has 1 fully saturated rings. The average Bonchev–Trinajstić information content (AvgIpc) is 3.48. The minimum absolute atomic E-state index is 0.0927. The van der Waals surface area contributed by atoms with Gasteiger partial charge in [-0.1, -0.05) is 186 Å². The van der Waals surface area contributed by atoms with Crippen LogP contribution in [-0.2, 0) is 28.2 Å². The number of allylic oxidation sites excluding steroid dienone is 2. The number of aliphatic hydroxyl groups is 3. The molecule has 0 saturated heterocycles. The van der Waals surface area contributed by atoms with Gasteiger partial charge < -0.3 is 34.6 Å². The number of esters is 2. The number of hydrogen-bond donors (Lipinski definition) is 5. The highest BCUT2D eigenvalue weighted by atomic mass is 31.2. The molecule has 5 N–H and O–H groups in total. The van der Waals surface area contributed by atoms with Gasteiger partial charge in [0.15, 0.2) is 6.10 Å². The van der Waals surface area contributed by atoms with Gasteiger partial charge in [0.05, 0.1) is 24.9 Å². The molecule has 0 aromatic carbocycles. The van der Waals surface area contributed by atoms with E-state index in [9.17, 15) is 29.5 Å².